The largest absolute Gasteiger partial charge is 0.395 e. The maximum atomic E-state index is 15.3. The van der Waals surface area contributed by atoms with Gasteiger partial charge in [-0.2, -0.15) is 0 Å². The van der Waals surface area contributed by atoms with Gasteiger partial charge in [-0.1, -0.05) is 6.07 Å². The van der Waals surface area contributed by atoms with Gasteiger partial charge in [0.1, 0.15) is 35.2 Å². The Labute approximate surface area is 241 Å². The number of nitrogens with zero attached hydrogens (tertiary/aromatic N) is 5. The van der Waals surface area contributed by atoms with Crippen molar-refractivity contribution in [1.82, 2.24) is 20.2 Å². The SMILES string of the molecule is CC(C)(O)C(=O)NC(=N)C1CCN(c2ncnc3c(-c4ccc(N5CCN(CCO)C5=O)c(F)c4)cc(F)cc23)CC1. The molecule has 222 valence electrons. The average Bonchev–Trinajstić information content (AvgIpc) is 3.31. The molecule has 0 atom stereocenters. The van der Waals surface area contributed by atoms with Crippen LogP contribution < -0.4 is 15.1 Å². The highest BCUT2D eigenvalue weighted by Crippen LogP contribution is 2.36. The molecule has 0 spiro atoms. The third-order valence-electron chi connectivity index (χ3n) is 7.70. The van der Waals surface area contributed by atoms with Gasteiger partial charge in [0, 0.05) is 49.6 Å². The molecule has 2 aromatic carbocycles. The maximum Gasteiger partial charge on any atom is 0.324 e. The average molecular weight is 582 g/mol. The molecule has 0 unspecified atom stereocenters. The Morgan fingerprint density at radius 2 is 1.86 bits per heavy atom. The molecule has 3 aromatic rings. The van der Waals surface area contributed by atoms with E-state index in [0.717, 1.165) is 0 Å². The quantitative estimate of drug-likeness (QED) is 0.248. The van der Waals surface area contributed by atoms with Crippen LogP contribution in [0.3, 0.4) is 0 Å². The number of hydrogen-bond acceptors (Lipinski definition) is 8. The van der Waals surface area contributed by atoms with Gasteiger partial charge in [0.05, 0.1) is 17.8 Å². The molecule has 2 aliphatic rings. The van der Waals surface area contributed by atoms with Crippen LogP contribution in [0.4, 0.5) is 25.1 Å². The van der Waals surface area contributed by atoms with Crippen molar-refractivity contribution in [3.05, 3.63) is 48.3 Å². The summed E-state index contributed by atoms with van der Waals surface area (Å²) in [6, 6.07) is 6.61. The van der Waals surface area contributed by atoms with Crippen LogP contribution in [0, 0.1) is 23.0 Å². The number of aliphatic hydroxyl groups excluding tert-OH is 1. The van der Waals surface area contributed by atoms with Crippen molar-refractivity contribution in [3.63, 3.8) is 0 Å². The van der Waals surface area contributed by atoms with Crippen molar-refractivity contribution in [2.45, 2.75) is 32.3 Å². The number of benzene rings is 2. The highest BCUT2D eigenvalue weighted by molar-refractivity contribution is 6.02. The summed E-state index contributed by atoms with van der Waals surface area (Å²) in [5.41, 5.74) is -0.288. The van der Waals surface area contributed by atoms with E-state index in [-0.39, 0.29) is 43.2 Å². The number of rotatable bonds is 7. The molecule has 2 fully saturated rings. The zero-order valence-electron chi connectivity index (χ0n) is 23.4. The molecule has 11 nitrogen and oxygen atoms in total. The molecule has 42 heavy (non-hydrogen) atoms. The normalized spacial score (nSPS) is 16.4. The summed E-state index contributed by atoms with van der Waals surface area (Å²) in [4.78, 5) is 38.2. The first-order valence-electron chi connectivity index (χ1n) is 13.8. The van der Waals surface area contributed by atoms with E-state index in [1.165, 1.54) is 54.2 Å². The number of aliphatic hydroxyl groups is 2. The number of nitrogens with one attached hydrogen (secondary N) is 2. The van der Waals surface area contributed by atoms with Gasteiger partial charge < -0.3 is 25.3 Å². The number of carbonyl (C=O) groups is 2. The Balaban J connectivity index is 1.38. The van der Waals surface area contributed by atoms with Gasteiger partial charge in [-0.3, -0.25) is 15.1 Å². The van der Waals surface area contributed by atoms with E-state index in [9.17, 15) is 19.1 Å². The number of halogens is 2. The van der Waals surface area contributed by atoms with Crippen LogP contribution in [0.5, 0.6) is 0 Å². The summed E-state index contributed by atoms with van der Waals surface area (Å²) >= 11 is 0. The van der Waals surface area contributed by atoms with Crippen molar-refractivity contribution in [1.29, 1.82) is 5.41 Å². The minimum Gasteiger partial charge on any atom is -0.395 e. The Morgan fingerprint density at radius 3 is 2.52 bits per heavy atom. The van der Waals surface area contributed by atoms with Crippen molar-refractivity contribution < 1.29 is 28.6 Å². The number of hydrogen-bond donors (Lipinski definition) is 4. The third kappa shape index (κ3) is 5.74. The summed E-state index contributed by atoms with van der Waals surface area (Å²) in [6.07, 6.45) is 2.45. The van der Waals surface area contributed by atoms with Crippen molar-refractivity contribution in [2.75, 3.05) is 49.1 Å². The monoisotopic (exact) mass is 581 g/mol. The van der Waals surface area contributed by atoms with E-state index >= 15 is 4.39 Å². The van der Waals surface area contributed by atoms with E-state index in [4.69, 9.17) is 10.5 Å². The Kier molecular flexibility index (Phi) is 8.06. The Morgan fingerprint density at radius 1 is 1.12 bits per heavy atom. The molecule has 0 saturated carbocycles. The van der Waals surface area contributed by atoms with Crippen LogP contribution in [0.15, 0.2) is 36.7 Å². The summed E-state index contributed by atoms with van der Waals surface area (Å²) in [7, 11) is 0. The second-order valence-electron chi connectivity index (χ2n) is 11.0. The number of amidine groups is 1. The Hall–Kier alpha value is -4.23. The lowest BCUT2D eigenvalue weighted by Crippen LogP contribution is -2.48. The standard InChI is InChI=1S/C29H33F2N7O4/c1-29(2,42)27(40)35-25(32)17-5-7-36(8-6-17)26-21-15-19(30)14-20(24(21)33-16-34-26)18-3-4-23(22(31)13-18)38-10-9-37(11-12-39)28(38)41/h3-4,13-17,39,42H,5-12H2,1-2H3,(H2,32,35,40). The predicted octanol–water partition coefficient (Wildman–Crippen LogP) is 2.89. The fourth-order valence-corrected chi connectivity index (χ4v) is 5.38. The second-order valence-corrected chi connectivity index (χ2v) is 11.0. The van der Waals surface area contributed by atoms with Gasteiger partial charge in [-0.05, 0) is 56.5 Å². The zero-order valence-corrected chi connectivity index (χ0v) is 23.4. The number of urea groups is 1. The molecule has 5 rings (SSSR count). The van der Waals surface area contributed by atoms with Gasteiger partial charge in [-0.25, -0.2) is 23.5 Å². The highest BCUT2D eigenvalue weighted by atomic mass is 19.1. The fourth-order valence-electron chi connectivity index (χ4n) is 5.38. The molecular formula is C29H33F2N7O4. The van der Waals surface area contributed by atoms with E-state index in [1.807, 2.05) is 4.90 Å². The van der Waals surface area contributed by atoms with Crippen LogP contribution >= 0.6 is 0 Å². The van der Waals surface area contributed by atoms with Gasteiger partial charge in [-0.15, -0.1) is 0 Å². The zero-order chi connectivity index (χ0) is 30.2. The summed E-state index contributed by atoms with van der Waals surface area (Å²) in [6.45, 7) is 4.35. The molecule has 2 saturated heterocycles. The maximum absolute atomic E-state index is 15.3. The summed E-state index contributed by atoms with van der Waals surface area (Å²) < 4.78 is 30.3. The lowest BCUT2D eigenvalue weighted by Gasteiger charge is -2.34. The van der Waals surface area contributed by atoms with Crippen molar-refractivity contribution in [2.24, 2.45) is 5.92 Å². The summed E-state index contributed by atoms with van der Waals surface area (Å²) in [5.74, 6) is -1.48. The number of aromatic nitrogens is 2. The molecule has 0 aliphatic carbocycles. The first kappa shape index (κ1) is 29.3. The van der Waals surface area contributed by atoms with Gasteiger partial charge >= 0.3 is 6.03 Å². The molecule has 0 bridgehead atoms. The molecule has 2 aliphatic heterocycles. The smallest absolute Gasteiger partial charge is 0.324 e. The van der Waals surface area contributed by atoms with Crippen molar-refractivity contribution in [3.8, 4) is 11.1 Å². The molecule has 0 radical (unpaired) electrons. The Bertz CT molecular complexity index is 1540. The van der Waals surface area contributed by atoms with Crippen LogP contribution in [0.25, 0.3) is 22.0 Å². The first-order chi connectivity index (χ1) is 20.0. The number of piperidine rings is 1. The van der Waals surface area contributed by atoms with Crippen LogP contribution in [-0.4, -0.2) is 87.8 Å². The van der Waals surface area contributed by atoms with Crippen LogP contribution in [0.1, 0.15) is 26.7 Å². The lowest BCUT2D eigenvalue weighted by atomic mass is 9.94. The van der Waals surface area contributed by atoms with E-state index in [0.29, 0.717) is 60.3 Å². The minimum absolute atomic E-state index is 0.0462. The number of carbonyl (C=O) groups excluding carboxylic acids is 2. The molecule has 13 heteroatoms. The number of anilines is 2. The molecule has 3 amide bonds. The highest BCUT2D eigenvalue weighted by Gasteiger charge is 2.32. The number of fused-ring (bicyclic) bond motifs is 1. The molecular weight excluding hydrogens is 548 g/mol. The first-order valence-corrected chi connectivity index (χ1v) is 13.8. The summed E-state index contributed by atoms with van der Waals surface area (Å²) in [5, 5.41) is 30.2. The molecule has 1 aromatic heterocycles. The second kappa shape index (κ2) is 11.6. The predicted molar refractivity (Wildman–Crippen MR) is 153 cm³/mol. The minimum atomic E-state index is -1.59. The number of β-amino-alcohol motifs (C(OH)–C–C–N with tert-alkyl or cyclic N) is 1. The van der Waals surface area contributed by atoms with Gasteiger partial charge in [0.25, 0.3) is 5.91 Å². The van der Waals surface area contributed by atoms with Gasteiger partial charge in [0.15, 0.2) is 0 Å². The van der Waals surface area contributed by atoms with E-state index < -0.39 is 23.1 Å². The number of amides is 3. The fraction of sp³-hybridized carbons (Fsp3) is 0.414. The van der Waals surface area contributed by atoms with Crippen LogP contribution in [-0.2, 0) is 4.79 Å². The van der Waals surface area contributed by atoms with E-state index in [2.05, 4.69) is 15.3 Å². The van der Waals surface area contributed by atoms with E-state index in [1.54, 1.807) is 6.07 Å². The molecule has 3 heterocycles. The third-order valence-corrected chi connectivity index (χ3v) is 7.70. The topological polar surface area (TPSA) is 146 Å². The molecule has 4 N–H and O–H groups in total. The van der Waals surface area contributed by atoms with Crippen LogP contribution in [0.2, 0.25) is 0 Å². The van der Waals surface area contributed by atoms with Crippen molar-refractivity contribution >= 4 is 40.2 Å². The van der Waals surface area contributed by atoms with Gasteiger partial charge in [0.2, 0.25) is 0 Å². The lowest BCUT2D eigenvalue weighted by molar-refractivity contribution is -0.134.